The van der Waals surface area contributed by atoms with Crippen molar-refractivity contribution in [2.24, 2.45) is 0 Å². The lowest BCUT2D eigenvalue weighted by Gasteiger charge is -2.16. The van der Waals surface area contributed by atoms with Crippen LogP contribution in [0.15, 0.2) is 12.4 Å². The van der Waals surface area contributed by atoms with Gasteiger partial charge in [-0.2, -0.15) is 0 Å². The number of hydrogen-bond donors (Lipinski definition) is 2. The molecule has 1 saturated carbocycles. The van der Waals surface area contributed by atoms with Gasteiger partial charge in [-0.25, -0.2) is 14.4 Å². The average Bonchev–Trinajstić information content (AvgIpc) is 2.65. The molecule has 0 amide bonds. The number of anilines is 1. The molecule has 0 spiro atoms. The van der Waals surface area contributed by atoms with Crippen molar-refractivity contribution in [2.75, 3.05) is 18.4 Å². The first-order valence-corrected chi connectivity index (χ1v) is 6.79. The van der Waals surface area contributed by atoms with E-state index >= 15 is 0 Å². The molecule has 4 nitrogen and oxygen atoms in total. The molecule has 0 saturated heterocycles. The molecule has 5 heteroatoms. The third kappa shape index (κ3) is 4.56. The van der Waals surface area contributed by atoms with Gasteiger partial charge in [-0.1, -0.05) is 25.7 Å². The van der Waals surface area contributed by atoms with Gasteiger partial charge in [-0.05, 0) is 12.8 Å². The van der Waals surface area contributed by atoms with Crippen LogP contribution in [0.1, 0.15) is 38.5 Å². The predicted molar refractivity (Wildman–Crippen MR) is 70.0 cm³/mol. The quantitative estimate of drug-likeness (QED) is 0.624. The number of halogens is 1. The smallest absolute Gasteiger partial charge is 0.222 e. The van der Waals surface area contributed by atoms with E-state index in [2.05, 4.69) is 20.6 Å². The van der Waals surface area contributed by atoms with Crippen LogP contribution in [0.4, 0.5) is 10.3 Å². The summed E-state index contributed by atoms with van der Waals surface area (Å²) in [5.41, 5.74) is 0. The molecular formula is C13H21FN4. The monoisotopic (exact) mass is 252 g/mol. The van der Waals surface area contributed by atoms with Crippen molar-refractivity contribution in [1.82, 2.24) is 15.3 Å². The van der Waals surface area contributed by atoms with Gasteiger partial charge in [0.2, 0.25) is 5.95 Å². The van der Waals surface area contributed by atoms with Crippen molar-refractivity contribution < 1.29 is 4.39 Å². The van der Waals surface area contributed by atoms with Crippen LogP contribution in [0.5, 0.6) is 0 Å². The Labute approximate surface area is 107 Å². The summed E-state index contributed by atoms with van der Waals surface area (Å²) >= 11 is 0. The van der Waals surface area contributed by atoms with E-state index in [-0.39, 0.29) is 0 Å². The second kappa shape index (κ2) is 7.26. The van der Waals surface area contributed by atoms with Crippen LogP contribution < -0.4 is 10.6 Å². The molecule has 0 aliphatic heterocycles. The molecule has 1 fully saturated rings. The van der Waals surface area contributed by atoms with Gasteiger partial charge >= 0.3 is 0 Å². The zero-order chi connectivity index (χ0) is 12.6. The van der Waals surface area contributed by atoms with Gasteiger partial charge in [0.1, 0.15) is 0 Å². The highest BCUT2D eigenvalue weighted by molar-refractivity contribution is 5.22. The molecule has 18 heavy (non-hydrogen) atoms. The van der Waals surface area contributed by atoms with Gasteiger partial charge in [0.25, 0.3) is 0 Å². The fourth-order valence-electron chi connectivity index (χ4n) is 2.34. The molecule has 2 N–H and O–H groups in total. The SMILES string of the molecule is Fc1cnc(NCCNC2CCCCCC2)nc1. The van der Waals surface area contributed by atoms with Gasteiger partial charge in [-0.3, -0.25) is 0 Å². The van der Waals surface area contributed by atoms with E-state index < -0.39 is 5.82 Å². The minimum atomic E-state index is -0.405. The Kier molecular flexibility index (Phi) is 5.33. The maximum absolute atomic E-state index is 12.6. The standard InChI is InChI=1S/C13H21FN4/c14-11-9-17-13(18-10-11)16-8-7-15-12-5-3-1-2-4-6-12/h9-10,12,15H,1-8H2,(H,16,17,18). The summed E-state index contributed by atoms with van der Waals surface area (Å²) in [5, 5.41) is 6.63. The molecule has 1 heterocycles. The molecule has 0 unspecified atom stereocenters. The Balaban J connectivity index is 1.61. The van der Waals surface area contributed by atoms with Gasteiger partial charge in [0.05, 0.1) is 12.4 Å². The van der Waals surface area contributed by atoms with Crippen LogP contribution in [0, 0.1) is 5.82 Å². The Morgan fingerprint density at radius 1 is 1.06 bits per heavy atom. The van der Waals surface area contributed by atoms with E-state index in [1.807, 2.05) is 0 Å². The van der Waals surface area contributed by atoms with Crippen LogP contribution in [0.3, 0.4) is 0 Å². The second-order valence-corrected chi connectivity index (χ2v) is 4.79. The number of nitrogens with zero attached hydrogens (tertiary/aromatic N) is 2. The number of rotatable bonds is 5. The predicted octanol–water partition coefficient (Wildman–Crippen LogP) is 2.34. The Bertz CT molecular complexity index is 333. The first kappa shape index (κ1) is 13.2. The zero-order valence-corrected chi connectivity index (χ0v) is 10.7. The van der Waals surface area contributed by atoms with Gasteiger partial charge in [0, 0.05) is 19.1 Å². The molecular weight excluding hydrogens is 231 g/mol. The first-order valence-electron chi connectivity index (χ1n) is 6.79. The first-order chi connectivity index (χ1) is 8.84. The lowest BCUT2D eigenvalue weighted by Crippen LogP contribution is -2.32. The Morgan fingerprint density at radius 2 is 1.72 bits per heavy atom. The molecule has 100 valence electrons. The highest BCUT2D eigenvalue weighted by atomic mass is 19.1. The number of hydrogen-bond acceptors (Lipinski definition) is 4. The van der Waals surface area contributed by atoms with Crippen molar-refractivity contribution in [3.8, 4) is 0 Å². The van der Waals surface area contributed by atoms with Crippen LogP contribution in [0.2, 0.25) is 0 Å². The highest BCUT2D eigenvalue weighted by Crippen LogP contribution is 2.16. The Morgan fingerprint density at radius 3 is 2.39 bits per heavy atom. The summed E-state index contributed by atoms with van der Waals surface area (Å²) in [6, 6.07) is 0.656. The van der Waals surface area contributed by atoms with Gasteiger partial charge in [0.15, 0.2) is 5.82 Å². The van der Waals surface area contributed by atoms with Gasteiger partial charge in [-0.15, -0.1) is 0 Å². The molecule has 1 aromatic heterocycles. The lowest BCUT2D eigenvalue weighted by molar-refractivity contribution is 0.468. The normalized spacial score (nSPS) is 17.4. The summed E-state index contributed by atoms with van der Waals surface area (Å²) in [6.45, 7) is 1.66. The topological polar surface area (TPSA) is 49.8 Å². The second-order valence-electron chi connectivity index (χ2n) is 4.79. The van der Waals surface area contributed by atoms with Crippen molar-refractivity contribution >= 4 is 5.95 Å². The summed E-state index contributed by atoms with van der Waals surface area (Å²) in [6.07, 6.45) is 10.3. The van der Waals surface area contributed by atoms with Crippen molar-refractivity contribution in [3.63, 3.8) is 0 Å². The maximum atomic E-state index is 12.6. The van der Waals surface area contributed by atoms with Crippen LogP contribution in [-0.4, -0.2) is 29.1 Å². The molecule has 0 atom stereocenters. The summed E-state index contributed by atoms with van der Waals surface area (Å²) in [7, 11) is 0. The van der Waals surface area contributed by atoms with Crippen molar-refractivity contribution in [3.05, 3.63) is 18.2 Å². The molecule has 2 rings (SSSR count). The molecule has 0 aromatic carbocycles. The zero-order valence-electron chi connectivity index (χ0n) is 10.7. The molecule has 1 aromatic rings. The summed E-state index contributed by atoms with van der Waals surface area (Å²) in [4.78, 5) is 7.71. The molecule has 1 aliphatic carbocycles. The van der Waals surface area contributed by atoms with E-state index in [9.17, 15) is 4.39 Å². The van der Waals surface area contributed by atoms with E-state index in [1.54, 1.807) is 0 Å². The fourth-order valence-corrected chi connectivity index (χ4v) is 2.34. The molecule has 0 bridgehead atoms. The summed E-state index contributed by atoms with van der Waals surface area (Å²) in [5.74, 6) is 0.0798. The number of nitrogens with one attached hydrogen (secondary N) is 2. The molecule has 1 aliphatic rings. The Hall–Kier alpha value is -1.23. The number of aromatic nitrogens is 2. The third-order valence-electron chi connectivity index (χ3n) is 3.32. The molecule has 0 radical (unpaired) electrons. The highest BCUT2D eigenvalue weighted by Gasteiger charge is 2.10. The third-order valence-corrected chi connectivity index (χ3v) is 3.32. The van der Waals surface area contributed by atoms with Crippen molar-refractivity contribution in [2.45, 2.75) is 44.6 Å². The van der Waals surface area contributed by atoms with E-state index in [4.69, 9.17) is 0 Å². The largest absolute Gasteiger partial charge is 0.353 e. The minimum Gasteiger partial charge on any atom is -0.353 e. The van der Waals surface area contributed by atoms with Crippen LogP contribution in [-0.2, 0) is 0 Å². The van der Waals surface area contributed by atoms with E-state index in [0.717, 1.165) is 13.1 Å². The average molecular weight is 252 g/mol. The van der Waals surface area contributed by atoms with Crippen LogP contribution >= 0.6 is 0 Å². The lowest BCUT2D eigenvalue weighted by atomic mass is 10.1. The van der Waals surface area contributed by atoms with Gasteiger partial charge < -0.3 is 10.6 Å². The fraction of sp³-hybridized carbons (Fsp3) is 0.692. The van der Waals surface area contributed by atoms with E-state index in [1.165, 1.54) is 50.9 Å². The summed E-state index contributed by atoms with van der Waals surface area (Å²) < 4.78 is 12.6. The van der Waals surface area contributed by atoms with Crippen molar-refractivity contribution in [1.29, 1.82) is 0 Å². The maximum Gasteiger partial charge on any atom is 0.222 e. The van der Waals surface area contributed by atoms with Crippen LogP contribution in [0.25, 0.3) is 0 Å². The minimum absolute atomic E-state index is 0.405. The van der Waals surface area contributed by atoms with E-state index in [0.29, 0.717) is 12.0 Å².